The number of benzene rings is 2. The molecule has 2 N–H and O–H groups in total. The highest BCUT2D eigenvalue weighted by Gasteiger charge is 2.29. The first-order chi connectivity index (χ1) is 11.7. The summed E-state index contributed by atoms with van der Waals surface area (Å²) in [7, 11) is -2.77. The van der Waals surface area contributed by atoms with Gasteiger partial charge in [-0.1, -0.05) is 18.2 Å². The third kappa shape index (κ3) is 4.48. The number of sulfone groups is 1. The van der Waals surface area contributed by atoms with Crippen molar-refractivity contribution in [3.63, 3.8) is 0 Å². The summed E-state index contributed by atoms with van der Waals surface area (Å²) in [5.74, 6) is -0.955. The molecule has 132 valence electrons. The van der Waals surface area contributed by atoms with E-state index in [2.05, 4.69) is 0 Å². The van der Waals surface area contributed by atoms with Crippen LogP contribution in [0.2, 0.25) is 0 Å². The second-order valence-corrected chi connectivity index (χ2v) is 7.03. The Morgan fingerprint density at radius 2 is 1.80 bits per heavy atom. The van der Waals surface area contributed by atoms with Crippen LogP contribution in [0.25, 0.3) is 6.08 Å². The first-order valence-corrected chi connectivity index (χ1v) is 8.62. The fraction of sp³-hybridized carbons (Fsp3) is 0.125. The lowest BCUT2D eigenvalue weighted by molar-refractivity contribution is -0.410. The SMILES string of the molecule is COc1ccc(CS(=O)(=O)C(=Cc2ccc(O)c(O)c2)[N+](=O)[O-])cc1. The molecule has 0 atom stereocenters. The molecule has 0 spiro atoms. The van der Waals surface area contributed by atoms with Gasteiger partial charge in [0.1, 0.15) is 5.75 Å². The normalized spacial score (nSPS) is 12.0. The number of nitro groups is 1. The van der Waals surface area contributed by atoms with Crippen molar-refractivity contribution in [2.24, 2.45) is 0 Å². The van der Waals surface area contributed by atoms with Crippen LogP contribution in [-0.4, -0.2) is 30.7 Å². The van der Waals surface area contributed by atoms with Gasteiger partial charge in [0.05, 0.1) is 17.8 Å². The van der Waals surface area contributed by atoms with Crippen LogP contribution in [0, 0.1) is 10.1 Å². The maximum Gasteiger partial charge on any atom is 0.360 e. The van der Waals surface area contributed by atoms with E-state index in [4.69, 9.17) is 4.74 Å². The molecule has 0 saturated carbocycles. The average molecular weight is 365 g/mol. The zero-order valence-electron chi connectivity index (χ0n) is 13.1. The van der Waals surface area contributed by atoms with Crippen LogP contribution in [0.1, 0.15) is 11.1 Å². The van der Waals surface area contributed by atoms with E-state index in [1.807, 2.05) is 0 Å². The van der Waals surface area contributed by atoms with Crippen LogP contribution >= 0.6 is 0 Å². The summed E-state index contributed by atoms with van der Waals surface area (Å²) in [4.78, 5) is 10.2. The lowest BCUT2D eigenvalue weighted by atomic mass is 10.2. The zero-order valence-corrected chi connectivity index (χ0v) is 13.9. The van der Waals surface area contributed by atoms with E-state index in [0.717, 1.165) is 18.2 Å². The van der Waals surface area contributed by atoms with Crippen molar-refractivity contribution in [1.82, 2.24) is 0 Å². The van der Waals surface area contributed by atoms with Gasteiger partial charge in [-0.05, 0) is 35.4 Å². The number of methoxy groups -OCH3 is 1. The van der Waals surface area contributed by atoms with Crippen LogP contribution in [0.3, 0.4) is 0 Å². The molecular formula is C16H15NO7S. The minimum absolute atomic E-state index is 0.0697. The molecule has 0 saturated heterocycles. The van der Waals surface area contributed by atoms with Crippen molar-refractivity contribution in [2.75, 3.05) is 7.11 Å². The van der Waals surface area contributed by atoms with E-state index in [1.165, 1.54) is 25.3 Å². The van der Waals surface area contributed by atoms with Crippen LogP contribution < -0.4 is 4.74 Å². The predicted molar refractivity (Wildman–Crippen MR) is 90.4 cm³/mol. The summed E-state index contributed by atoms with van der Waals surface area (Å²) in [6.07, 6.45) is 0.831. The smallest absolute Gasteiger partial charge is 0.360 e. The molecule has 0 aliphatic rings. The molecule has 25 heavy (non-hydrogen) atoms. The van der Waals surface area contributed by atoms with Gasteiger partial charge in [-0.15, -0.1) is 0 Å². The quantitative estimate of drug-likeness (QED) is 0.457. The highest BCUT2D eigenvalue weighted by Crippen LogP contribution is 2.27. The molecule has 0 aromatic heterocycles. The Morgan fingerprint density at radius 1 is 1.16 bits per heavy atom. The lowest BCUT2D eigenvalue weighted by Gasteiger charge is -2.05. The Kier molecular flexibility index (Phi) is 5.28. The van der Waals surface area contributed by atoms with Crippen molar-refractivity contribution in [1.29, 1.82) is 0 Å². The van der Waals surface area contributed by atoms with Crippen molar-refractivity contribution < 1.29 is 28.3 Å². The fourth-order valence-corrected chi connectivity index (χ4v) is 3.37. The van der Waals surface area contributed by atoms with Gasteiger partial charge in [0.2, 0.25) is 9.84 Å². The van der Waals surface area contributed by atoms with E-state index in [1.54, 1.807) is 12.1 Å². The highest BCUT2D eigenvalue weighted by atomic mass is 32.2. The number of phenolic OH excluding ortho intramolecular Hbond substituents is 2. The summed E-state index contributed by atoms with van der Waals surface area (Å²) >= 11 is 0. The Balaban J connectivity index is 2.38. The number of hydrogen-bond acceptors (Lipinski definition) is 7. The van der Waals surface area contributed by atoms with Crippen LogP contribution in [0.4, 0.5) is 0 Å². The van der Waals surface area contributed by atoms with Gasteiger partial charge in [-0.25, -0.2) is 8.42 Å². The topological polar surface area (TPSA) is 127 Å². The summed E-state index contributed by atoms with van der Waals surface area (Å²) < 4.78 is 29.8. The molecule has 2 aromatic carbocycles. The molecule has 2 aromatic rings. The third-order valence-corrected chi connectivity index (χ3v) is 4.92. The van der Waals surface area contributed by atoms with E-state index < -0.39 is 37.0 Å². The van der Waals surface area contributed by atoms with Gasteiger partial charge in [0.25, 0.3) is 0 Å². The summed E-state index contributed by atoms with van der Waals surface area (Å²) in [6, 6.07) is 9.50. The van der Waals surface area contributed by atoms with E-state index >= 15 is 0 Å². The minimum Gasteiger partial charge on any atom is -0.504 e. The molecular weight excluding hydrogens is 350 g/mol. The molecule has 9 heteroatoms. The first-order valence-electron chi connectivity index (χ1n) is 6.96. The second-order valence-electron chi connectivity index (χ2n) is 5.09. The molecule has 0 aliphatic carbocycles. The van der Waals surface area contributed by atoms with Gasteiger partial charge < -0.3 is 14.9 Å². The van der Waals surface area contributed by atoms with Crippen molar-refractivity contribution in [3.8, 4) is 17.2 Å². The Morgan fingerprint density at radius 3 is 2.32 bits per heavy atom. The summed E-state index contributed by atoms with van der Waals surface area (Å²) in [5, 5.41) is 28.9. The number of ether oxygens (including phenoxy) is 1. The Labute approximate surface area is 143 Å². The lowest BCUT2D eigenvalue weighted by Crippen LogP contribution is -2.14. The van der Waals surface area contributed by atoms with E-state index in [-0.39, 0.29) is 5.56 Å². The largest absolute Gasteiger partial charge is 0.504 e. The average Bonchev–Trinajstić information content (AvgIpc) is 2.55. The van der Waals surface area contributed by atoms with Gasteiger partial charge in [0, 0.05) is 6.08 Å². The minimum atomic E-state index is -4.24. The fourth-order valence-electron chi connectivity index (χ4n) is 2.04. The summed E-state index contributed by atoms with van der Waals surface area (Å²) in [6.45, 7) is 0. The number of aromatic hydroxyl groups is 2. The monoisotopic (exact) mass is 365 g/mol. The maximum atomic E-state index is 12.4. The predicted octanol–water partition coefficient (Wildman–Crippen LogP) is 2.30. The van der Waals surface area contributed by atoms with E-state index in [9.17, 15) is 28.7 Å². The Hall–Kier alpha value is -3.07. The standard InChI is InChI=1S/C16H15NO7S/c1-24-13-5-2-11(3-6-13)10-25(22,23)16(17(20)21)9-12-4-7-14(18)15(19)8-12/h2-9,18-19H,10H2,1H3. The van der Waals surface area contributed by atoms with Crippen LogP contribution in [-0.2, 0) is 15.6 Å². The highest BCUT2D eigenvalue weighted by molar-refractivity contribution is 7.94. The van der Waals surface area contributed by atoms with E-state index in [0.29, 0.717) is 11.3 Å². The molecule has 0 heterocycles. The van der Waals surface area contributed by atoms with Gasteiger partial charge >= 0.3 is 5.03 Å². The Bertz CT molecular complexity index is 918. The van der Waals surface area contributed by atoms with Crippen molar-refractivity contribution in [3.05, 3.63) is 68.7 Å². The number of nitrogens with zero attached hydrogens (tertiary/aromatic N) is 1. The number of hydrogen-bond donors (Lipinski definition) is 2. The third-order valence-electron chi connectivity index (χ3n) is 3.30. The van der Waals surface area contributed by atoms with Crippen LogP contribution in [0.5, 0.6) is 17.2 Å². The molecule has 8 nitrogen and oxygen atoms in total. The molecule has 0 fully saturated rings. The maximum absolute atomic E-state index is 12.4. The van der Waals surface area contributed by atoms with Crippen molar-refractivity contribution in [2.45, 2.75) is 5.75 Å². The second kappa shape index (κ2) is 7.22. The molecule has 0 unspecified atom stereocenters. The first kappa shape index (κ1) is 18.3. The molecule has 0 aliphatic heterocycles. The van der Waals surface area contributed by atoms with Gasteiger partial charge in [-0.2, -0.15) is 0 Å². The molecule has 0 radical (unpaired) electrons. The van der Waals surface area contributed by atoms with Crippen molar-refractivity contribution >= 4 is 15.9 Å². The summed E-state index contributed by atoms with van der Waals surface area (Å²) in [5.41, 5.74) is 0.433. The van der Waals surface area contributed by atoms with Gasteiger partial charge in [-0.3, -0.25) is 10.1 Å². The molecule has 0 amide bonds. The number of phenols is 2. The van der Waals surface area contributed by atoms with Gasteiger partial charge in [0.15, 0.2) is 11.5 Å². The molecule has 2 rings (SSSR count). The number of rotatable bonds is 6. The van der Waals surface area contributed by atoms with Crippen LogP contribution in [0.15, 0.2) is 47.5 Å². The molecule has 0 bridgehead atoms. The zero-order chi connectivity index (χ0) is 18.6.